The molecule has 10 nitrogen and oxygen atoms in total. The number of unbranched alkanes of at least 4 members (excludes halogenated alkanes) is 5. The first-order valence-corrected chi connectivity index (χ1v) is 17.8. The Balaban J connectivity index is 0.818. The molecule has 10 heteroatoms. The fourth-order valence-corrected chi connectivity index (χ4v) is 7.63. The van der Waals surface area contributed by atoms with Crippen molar-refractivity contribution in [2.45, 2.75) is 82.8 Å². The molecule has 3 saturated heterocycles. The van der Waals surface area contributed by atoms with E-state index in [2.05, 4.69) is 44.0 Å². The van der Waals surface area contributed by atoms with E-state index < -0.39 is 6.04 Å². The van der Waals surface area contributed by atoms with E-state index in [0.717, 1.165) is 42.8 Å². The van der Waals surface area contributed by atoms with Crippen LogP contribution in [0.5, 0.6) is 5.75 Å². The number of piperazine rings is 1. The number of carbonyl (C=O) groups is 3. The number of benzene rings is 2. The zero-order chi connectivity index (χ0) is 33.5. The van der Waals surface area contributed by atoms with E-state index in [4.69, 9.17) is 10.5 Å². The fraction of sp³-hybridized carbons (Fsp3) is 0.553. The summed E-state index contributed by atoms with van der Waals surface area (Å²) in [6, 6.07) is 11.9. The van der Waals surface area contributed by atoms with E-state index in [9.17, 15) is 14.4 Å². The molecule has 0 radical (unpaired) electrons. The van der Waals surface area contributed by atoms with Crippen molar-refractivity contribution in [2.75, 3.05) is 63.6 Å². The minimum Gasteiger partial charge on any atom is -0.495 e. The number of carbonyl (C=O) groups excluding carboxylic acids is 3. The largest absolute Gasteiger partial charge is 0.495 e. The maximum absolute atomic E-state index is 12.9. The second-order valence-electron chi connectivity index (χ2n) is 13.6. The van der Waals surface area contributed by atoms with Gasteiger partial charge in [0.1, 0.15) is 11.8 Å². The molecule has 0 spiro atoms. The highest BCUT2D eigenvalue weighted by Gasteiger charge is 2.39. The average Bonchev–Trinajstić information content (AvgIpc) is 3.43. The molecule has 256 valence electrons. The summed E-state index contributed by atoms with van der Waals surface area (Å²) in [7, 11) is 1.67. The molecule has 3 amide bonds. The Labute approximate surface area is 284 Å². The van der Waals surface area contributed by atoms with Crippen molar-refractivity contribution in [3.63, 3.8) is 0 Å². The lowest BCUT2D eigenvalue weighted by molar-refractivity contribution is -0.136. The van der Waals surface area contributed by atoms with Crippen molar-refractivity contribution >= 4 is 29.1 Å². The van der Waals surface area contributed by atoms with Crippen LogP contribution in [0.25, 0.3) is 0 Å². The highest BCUT2D eigenvalue weighted by Crippen LogP contribution is 2.31. The van der Waals surface area contributed by atoms with Crippen molar-refractivity contribution in [3.05, 3.63) is 53.1 Å². The lowest BCUT2D eigenvalue weighted by atomic mass is 10.0. The van der Waals surface area contributed by atoms with Gasteiger partial charge in [0.25, 0.3) is 5.91 Å². The molecule has 4 aliphatic rings. The molecule has 6 rings (SSSR count). The molecule has 2 aromatic rings. The molecule has 3 N–H and O–H groups in total. The number of methoxy groups -OCH3 is 1. The second kappa shape index (κ2) is 15.9. The Hall–Kier alpha value is -4.07. The van der Waals surface area contributed by atoms with E-state index in [-0.39, 0.29) is 24.1 Å². The normalized spacial score (nSPS) is 20.8. The van der Waals surface area contributed by atoms with Crippen LogP contribution in [0, 0.1) is 11.8 Å². The van der Waals surface area contributed by atoms with Gasteiger partial charge in [-0.2, -0.15) is 0 Å². The second-order valence-corrected chi connectivity index (χ2v) is 13.6. The lowest BCUT2D eigenvalue weighted by Crippen LogP contribution is -2.53. The van der Waals surface area contributed by atoms with E-state index in [1.807, 2.05) is 24.3 Å². The summed E-state index contributed by atoms with van der Waals surface area (Å²) in [6.07, 6.45) is 9.99. The molecule has 2 aromatic carbocycles. The van der Waals surface area contributed by atoms with Gasteiger partial charge in [-0.1, -0.05) is 31.1 Å². The summed E-state index contributed by atoms with van der Waals surface area (Å²) in [5, 5.41) is 2.35. The first-order chi connectivity index (χ1) is 23.4. The standard InChI is InChI=1S/C38H50N6O4/c1-48-35-26-31(11-13-33(35)39)42-19-16-30(17-20-42)43-23-21-41(22-24-43)18-8-6-4-2-3-5-7-9-28-10-12-32-29(25-28)27-44(38(32)47)34-14-15-36(45)40-37(34)46/h10-13,25-26,30,34H,2-6,8,14-24,27,39H2,1H3,(H,40,45,46). The van der Waals surface area contributed by atoms with Gasteiger partial charge in [0, 0.05) is 87.6 Å². The first kappa shape index (κ1) is 33.8. The minimum atomic E-state index is -0.588. The van der Waals surface area contributed by atoms with E-state index >= 15 is 0 Å². The maximum Gasteiger partial charge on any atom is 0.255 e. The predicted molar refractivity (Wildman–Crippen MR) is 188 cm³/mol. The average molecular weight is 655 g/mol. The third-order valence-electron chi connectivity index (χ3n) is 10.5. The number of nitrogens with two attached hydrogens (primary N) is 1. The quantitative estimate of drug-likeness (QED) is 0.162. The van der Waals surface area contributed by atoms with Crippen LogP contribution in [0.4, 0.5) is 11.4 Å². The Morgan fingerprint density at radius 3 is 2.44 bits per heavy atom. The first-order valence-electron chi connectivity index (χ1n) is 17.8. The summed E-state index contributed by atoms with van der Waals surface area (Å²) < 4.78 is 5.42. The highest BCUT2D eigenvalue weighted by atomic mass is 16.5. The van der Waals surface area contributed by atoms with E-state index in [1.165, 1.54) is 76.9 Å². The maximum atomic E-state index is 12.9. The molecule has 4 heterocycles. The summed E-state index contributed by atoms with van der Waals surface area (Å²) >= 11 is 0. The van der Waals surface area contributed by atoms with Crippen molar-refractivity contribution in [1.29, 1.82) is 0 Å². The number of hydrogen-bond acceptors (Lipinski definition) is 8. The minimum absolute atomic E-state index is 0.147. The number of anilines is 2. The SMILES string of the molecule is COc1cc(N2CCC(N3CCN(CCCCCCCC#Cc4ccc5c(c4)CN(C4CCC(=O)NC4=O)C5=O)CC3)CC2)ccc1N. The highest BCUT2D eigenvalue weighted by molar-refractivity contribution is 6.05. The lowest BCUT2D eigenvalue weighted by Gasteiger charge is -2.43. The number of fused-ring (bicyclic) bond motifs is 1. The fourth-order valence-electron chi connectivity index (χ4n) is 7.63. The van der Waals surface area contributed by atoms with Gasteiger partial charge in [0.15, 0.2) is 0 Å². The van der Waals surface area contributed by atoms with Gasteiger partial charge in [-0.3, -0.25) is 24.6 Å². The Bertz CT molecular complexity index is 1530. The van der Waals surface area contributed by atoms with Gasteiger partial charge in [-0.25, -0.2) is 0 Å². The summed E-state index contributed by atoms with van der Waals surface area (Å²) in [5.41, 5.74) is 10.3. The van der Waals surface area contributed by atoms with Gasteiger partial charge >= 0.3 is 0 Å². The number of nitrogens with zero attached hydrogens (tertiary/aromatic N) is 4. The molecule has 4 aliphatic heterocycles. The van der Waals surface area contributed by atoms with Crippen LogP contribution in [0.15, 0.2) is 36.4 Å². The number of amides is 3. The number of ether oxygens (including phenoxy) is 1. The number of nitrogen functional groups attached to an aromatic ring is 1. The van der Waals surface area contributed by atoms with Gasteiger partial charge in [-0.15, -0.1) is 0 Å². The van der Waals surface area contributed by atoms with E-state index in [1.54, 1.807) is 12.0 Å². The Morgan fingerprint density at radius 1 is 0.896 bits per heavy atom. The molecular weight excluding hydrogens is 604 g/mol. The molecule has 0 aromatic heterocycles. The predicted octanol–water partition coefficient (Wildman–Crippen LogP) is 4.02. The van der Waals surface area contributed by atoms with Crippen LogP contribution in [0.1, 0.15) is 85.7 Å². The number of rotatable bonds is 11. The van der Waals surface area contributed by atoms with Crippen LogP contribution < -0.4 is 20.7 Å². The molecule has 0 aliphatic carbocycles. The van der Waals surface area contributed by atoms with Crippen LogP contribution in [-0.4, -0.2) is 97.4 Å². The van der Waals surface area contributed by atoms with Gasteiger partial charge in [-0.05, 0) is 74.5 Å². The summed E-state index contributed by atoms with van der Waals surface area (Å²) in [5.74, 6) is 6.52. The number of piperidine rings is 2. The molecule has 1 unspecified atom stereocenters. The third kappa shape index (κ3) is 8.13. The summed E-state index contributed by atoms with van der Waals surface area (Å²) in [4.78, 5) is 46.1. The van der Waals surface area contributed by atoms with Crippen molar-refractivity contribution < 1.29 is 19.1 Å². The molecular formula is C38H50N6O4. The van der Waals surface area contributed by atoms with Crippen LogP contribution >= 0.6 is 0 Å². The van der Waals surface area contributed by atoms with Crippen LogP contribution in [0.3, 0.4) is 0 Å². The molecule has 0 bridgehead atoms. The Kier molecular flexibility index (Phi) is 11.2. The topological polar surface area (TPSA) is 111 Å². The third-order valence-corrected chi connectivity index (χ3v) is 10.5. The molecule has 48 heavy (non-hydrogen) atoms. The van der Waals surface area contributed by atoms with Crippen molar-refractivity contribution in [2.24, 2.45) is 0 Å². The smallest absolute Gasteiger partial charge is 0.255 e. The Morgan fingerprint density at radius 2 is 1.67 bits per heavy atom. The molecule has 3 fully saturated rings. The summed E-state index contributed by atoms with van der Waals surface area (Å²) in [6.45, 7) is 8.45. The van der Waals surface area contributed by atoms with Gasteiger partial charge < -0.3 is 25.2 Å². The molecule has 0 saturated carbocycles. The zero-order valence-corrected chi connectivity index (χ0v) is 28.3. The zero-order valence-electron chi connectivity index (χ0n) is 28.3. The van der Waals surface area contributed by atoms with Crippen molar-refractivity contribution in [1.82, 2.24) is 20.0 Å². The van der Waals surface area contributed by atoms with Gasteiger partial charge in [0.2, 0.25) is 11.8 Å². The van der Waals surface area contributed by atoms with E-state index in [0.29, 0.717) is 30.3 Å². The van der Waals surface area contributed by atoms with Crippen molar-refractivity contribution in [3.8, 4) is 17.6 Å². The monoisotopic (exact) mass is 654 g/mol. The number of imide groups is 1. The van der Waals surface area contributed by atoms with Crippen LogP contribution in [-0.2, 0) is 16.1 Å². The molecule has 1 atom stereocenters. The van der Waals surface area contributed by atoms with Crippen LogP contribution in [0.2, 0.25) is 0 Å². The number of nitrogens with one attached hydrogen (secondary N) is 1. The van der Waals surface area contributed by atoms with Gasteiger partial charge in [0.05, 0.1) is 12.8 Å². The number of hydrogen-bond donors (Lipinski definition) is 2.